The summed E-state index contributed by atoms with van der Waals surface area (Å²) in [6, 6.07) is 164. The van der Waals surface area contributed by atoms with Crippen LogP contribution in [0.4, 0.5) is 0 Å². The molecule has 0 radical (unpaired) electrons. The van der Waals surface area contributed by atoms with Crippen LogP contribution in [0.3, 0.4) is 0 Å². The molecule has 0 aliphatic rings. The fourth-order valence-electron chi connectivity index (χ4n) is 18.6. The van der Waals surface area contributed by atoms with Crippen molar-refractivity contribution >= 4 is 131 Å². The largest absolute Gasteiger partial charge is 0.309 e. The van der Waals surface area contributed by atoms with Crippen LogP contribution in [-0.2, 0) is 0 Å². The lowest BCUT2D eigenvalue weighted by molar-refractivity contribution is 1.17. The van der Waals surface area contributed by atoms with Crippen LogP contribution in [0, 0.1) is 41.5 Å². The third-order valence-corrected chi connectivity index (χ3v) is 24.5. The molecule has 126 heavy (non-hydrogen) atoms. The van der Waals surface area contributed by atoms with Crippen LogP contribution in [0.25, 0.3) is 176 Å². The third kappa shape index (κ3) is 14.9. The summed E-state index contributed by atoms with van der Waals surface area (Å²) in [5.41, 5.74) is 32.8. The van der Waals surface area contributed by atoms with Crippen LogP contribution in [0.1, 0.15) is 33.4 Å². The lowest BCUT2D eigenvalue weighted by Crippen LogP contribution is -1.94. The average molecular weight is 1620 g/mol. The zero-order chi connectivity index (χ0) is 85.1. The topological polar surface area (TPSA) is 29.6 Å². The molecule has 0 saturated carbocycles. The van der Waals surface area contributed by atoms with E-state index in [0.717, 1.165) is 0 Å². The number of para-hydroxylation sites is 13. The Balaban J connectivity index is 0.0000000956. The Kier molecular flexibility index (Phi) is 21.5. The molecular weight excluding hydrogens is 1530 g/mol. The van der Waals surface area contributed by atoms with Crippen molar-refractivity contribution < 1.29 is 0 Å². The highest BCUT2D eigenvalue weighted by Gasteiger charge is 2.20. The van der Waals surface area contributed by atoms with Gasteiger partial charge in [-0.2, -0.15) is 0 Å². The molecule has 0 aliphatic heterocycles. The number of fused-ring (bicyclic) bond motifs is 18. The van der Waals surface area contributed by atoms with Crippen LogP contribution < -0.4 is 0 Å². The van der Waals surface area contributed by atoms with E-state index in [2.05, 4.69) is 530 Å². The number of aryl methyl sites for hydroxylation is 6. The summed E-state index contributed by atoms with van der Waals surface area (Å²) in [7, 11) is 0. The second-order valence-electron chi connectivity index (χ2n) is 32.7. The van der Waals surface area contributed by atoms with Crippen molar-refractivity contribution in [2.24, 2.45) is 0 Å². The molecule has 0 N–H and O–H groups in total. The lowest BCUT2D eigenvalue weighted by atomic mass is 10.0. The number of hydrogen-bond donors (Lipinski definition) is 0. The van der Waals surface area contributed by atoms with Crippen molar-refractivity contribution in [1.29, 1.82) is 0 Å². The van der Waals surface area contributed by atoms with Gasteiger partial charge in [0.1, 0.15) is 0 Å². The van der Waals surface area contributed by atoms with Gasteiger partial charge in [0.15, 0.2) is 0 Å². The Morgan fingerprint density at radius 2 is 0.397 bits per heavy atom. The van der Waals surface area contributed by atoms with E-state index in [1.807, 2.05) is 0 Å². The van der Waals surface area contributed by atoms with Gasteiger partial charge in [-0.15, -0.1) is 0 Å². The van der Waals surface area contributed by atoms with Gasteiger partial charge in [0.25, 0.3) is 0 Å². The predicted octanol–water partition coefficient (Wildman–Crippen LogP) is 32.2. The van der Waals surface area contributed by atoms with E-state index in [9.17, 15) is 0 Å². The second-order valence-corrected chi connectivity index (χ2v) is 32.7. The van der Waals surface area contributed by atoms with E-state index in [0.29, 0.717) is 0 Å². The minimum Gasteiger partial charge on any atom is -0.309 e. The number of aromatic nitrogens is 6. The van der Waals surface area contributed by atoms with Crippen molar-refractivity contribution in [1.82, 2.24) is 27.4 Å². The Hall–Kier alpha value is -16.0. The van der Waals surface area contributed by atoms with Gasteiger partial charge in [0.2, 0.25) is 0 Å². The van der Waals surface area contributed by atoms with Crippen molar-refractivity contribution in [3.63, 3.8) is 0 Å². The average Bonchev–Trinajstić information content (AvgIpc) is 1.52. The normalized spacial score (nSPS) is 11.3. The van der Waals surface area contributed by atoms with E-state index in [1.54, 1.807) is 0 Å². The van der Waals surface area contributed by atoms with Gasteiger partial charge in [-0.3, -0.25) is 0 Å². The van der Waals surface area contributed by atoms with E-state index in [4.69, 9.17) is 0 Å². The first-order chi connectivity index (χ1) is 62.1. The first-order valence-corrected chi connectivity index (χ1v) is 43.5. The molecule has 0 saturated heterocycles. The molecule has 604 valence electrons. The van der Waals surface area contributed by atoms with Gasteiger partial charge in [0.05, 0.1) is 66.2 Å². The molecule has 6 heterocycles. The quantitative estimate of drug-likeness (QED) is 0.152. The van der Waals surface area contributed by atoms with Crippen molar-refractivity contribution in [3.8, 4) is 45.3 Å². The number of rotatable bonds is 7. The highest BCUT2D eigenvalue weighted by Crippen LogP contribution is 2.41. The van der Waals surface area contributed by atoms with Gasteiger partial charge in [-0.25, -0.2) is 0 Å². The van der Waals surface area contributed by atoms with Crippen LogP contribution in [-0.4, -0.2) is 27.4 Å². The van der Waals surface area contributed by atoms with E-state index >= 15 is 0 Å². The molecule has 0 fully saturated rings. The molecule has 0 atom stereocenters. The number of benzene rings is 19. The molecule has 0 spiro atoms. The molecule has 25 aromatic rings. The monoisotopic (exact) mass is 1620 g/mol. The fraction of sp³-hybridized carbons (Fsp3) is 0.0500. The maximum atomic E-state index is 2.36. The summed E-state index contributed by atoms with van der Waals surface area (Å²) in [6.45, 7) is 12.9. The highest BCUT2D eigenvalue weighted by molar-refractivity contribution is 6.15. The molecule has 0 unspecified atom stereocenters. The first kappa shape index (κ1) is 78.5. The van der Waals surface area contributed by atoms with Crippen molar-refractivity contribution in [2.45, 2.75) is 41.5 Å². The summed E-state index contributed by atoms with van der Waals surface area (Å²) >= 11 is 0. The zero-order valence-electron chi connectivity index (χ0n) is 71.6. The molecule has 6 aromatic heterocycles. The smallest absolute Gasteiger partial charge is 0.0570 e. The predicted molar refractivity (Wildman–Crippen MR) is 539 cm³/mol. The first-order valence-electron chi connectivity index (χ1n) is 43.5. The summed E-state index contributed by atoms with van der Waals surface area (Å²) in [5, 5.41) is 15.8. The Morgan fingerprint density at radius 1 is 0.135 bits per heavy atom. The molecule has 6 heteroatoms. The van der Waals surface area contributed by atoms with E-state index in [-0.39, 0.29) is 0 Å². The third-order valence-electron chi connectivity index (χ3n) is 24.5. The Bertz CT molecular complexity index is 8110. The highest BCUT2D eigenvalue weighted by atomic mass is 15.0. The summed E-state index contributed by atoms with van der Waals surface area (Å²) in [6.07, 6.45) is 0. The van der Waals surface area contributed by atoms with Gasteiger partial charge < -0.3 is 27.4 Å². The van der Waals surface area contributed by atoms with E-state index < -0.39 is 0 Å². The summed E-state index contributed by atoms with van der Waals surface area (Å²) in [5.74, 6) is 0. The van der Waals surface area contributed by atoms with Crippen LogP contribution in [0.5, 0.6) is 0 Å². The van der Waals surface area contributed by atoms with Gasteiger partial charge in [0, 0.05) is 98.8 Å². The molecule has 0 amide bonds. The Labute approximate surface area is 734 Å². The summed E-state index contributed by atoms with van der Waals surface area (Å²) < 4.78 is 14.1. The fourth-order valence-corrected chi connectivity index (χ4v) is 18.6. The van der Waals surface area contributed by atoms with Gasteiger partial charge in [-0.1, -0.05) is 326 Å². The second kappa shape index (κ2) is 34.5. The summed E-state index contributed by atoms with van der Waals surface area (Å²) in [4.78, 5) is 0. The molecule has 6 nitrogen and oxygen atoms in total. The number of nitrogens with zero attached hydrogens (tertiary/aromatic N) is 6. The molecular formula is C120H94N6. The van der Waals surface area contributed by atoms with Crippen LogP contribution >= 0.6 is 0 Å². The molecule has 25 rings (SSSR count). The van der Waals surface area contributed by atoms with E-state index in [1.165, 1.54) is 209 Å². The minimum absolute atomic E-state index is 1.20. The van der Waals surface area contributed by atoms with Gasteiger partial charge >= 0.3 is 0 Å². The molecule has 0 bridgehead atoms. The van der Waals surface area contributed by atoms with Gasteiger partial charge in [-0.05, 0) is 221 Å². The lowest BCUT2D eigenvalue weighted by Gasteiger charge is -2.08. The zero-order valence-corrected chi connectivity index (χ0v) is 71.6. The maximum Gasteiger partial charge on any atom is 0.0570 e. The van der Waals surface area contributed by atoms with Crippen molar-refractivity contribution in [3.05, 3.63) is 494 Å². The van der Waals surface area contributed by atoms with Crippen molar-refractivity contribution in [2.75, 3.05) is 0 Å². The Morgan fingerprint density at radius 3 is 0.849 bits per heavy atom. The standard InChI is InChI=1S/C25H19N.5C19H15N/c1-18-11-13-19(14-12-18)20-15-16-25-23(17-20)22-9-5-6-10-24(22)26(25)21-7-3-2-4-8-21;1-14-10-12-15(13-11-14)20-18-8-4-2-6-16(18)17-7-3-5-9-19(17)20;1-14-8-7-12-17-16-11-5-6-13-18(16)20(19(14)17)15-9-3-2-4-10-15;1-14-8-7-13-18-19(14)16-11-5-6-12-17(16)20(18)15-9-3-2-4-10-15;1-14-11-12-19-17(13-14)16-9-5-6-10-18(16)20(19)15-7-3-2-4-8-15;1-14-11-12-17-16-9-5-6-10-18(16)20(19(17)13-14)15-7-3-2-4-8-15/h2-17H,1H3;5*2-13H,1H3. The maximum absolute atomic E-state index is 2.36. The molecule has 19 aromatic carbocycles. The molecule has 0 aliphatic carbocycles. The minimum atomic E-state index is 1.20. The SMILES string of the molecule is Cc1ccc(-c2ccc3c(c2)c2ccccc2n3-c2ccccc2)cc1.Cc1ccc(-n2c3ccccc3c3ccccc32)cc1.Cc1ccc2c(c1)c1ccccc1n2-c1ccccc1.Cc1ccc2c3ccccc3n(-c3ccccc3)c2c1.Cc1cccc2c1c1ccccc1n2-c1ccccc1.Cc1cccc2c3ccccc3n(-c3ccccc3)c12. The van der Waals surface area contributed by atoms with Crippen LogP contribution in [0.2, 0.25) is 0 Å². The van der Waals surface area contributed by atoms with Crippen LogP contribution in [0.15, 0.2) is 461 Å². The number of hydrogen-bond acceptors (Lipinski definition) is 0.